The molecule has 0 bridgehead atoms. The average molecular weight is 427 g/mol. The Bertz CT molecular complexity index is 723. The van der Waals surface area contributed by atoms with Gasteiger partial charge in [-0.15, -0.1) is 0 Å². The highest BCUT2D eigenvalue weighted by molar-refractivity contribution is 5.25. The van der Waals surface area contributed by atoms with Crippen molar-refractivity contribution in [2.75, 3.05) is 0 Å². The Hall–Kier alpha value is -0.560. The molecule has 3 fully saturated rings. The SMILES string of the molecule is C/C=C(\CC[C@@H](C)[C@H]1CC[C@H]2C3CC=C4C[C@@H](O)CC[C@]4(C)[C@H]3CC[C@]12C)C(C)(C)C. The summed E-state index contributed by atoms with van der Waals surface area (Å²) in [5.74, 6) is 4.41. The van der Waals surface area contributed by atoms with Gasteiger partial charge in [0.25, 0.3) is 0 Å². The number of hydrogen-bond donors (Lipinski definition) is 1. The summed E-state index contributed by atoms with van der Waals surface area (Å²) in [6.07, 6.45) is 17.8. The molecule has 0 aliphatic heterocycles. The summed E-state index contributed by atoms with van der Waals surface area (Å²) in [5, 5.41) is 10.3. The van der Waals surface area contributed by atoms with Crippen LogP contribution in [0, 0.1) is 45.8 Å². The molecule has 176 valence electrons. The Morgan fingerprint density at radius 2 is 1.87 bits per heavy atom. The van der Waals surface area contributed by atoms with Crippen LogP contribution in [0.4, 0.5) is 0 Å². The van der Waals surface area contributed by atoms with Crippen LogP contribution in [0.25, 0.3) is 0 Å². The van der Waals surface area contributed by atoms with E-state index in [0.717, 1.165) is 42.4 Å². The van der Waals surface area contributed by atoms with E-state index in [2.05, 4.69) is 60.6 Å². The number of aliphatic hydroxyl groups is 1. The molecule has 4 rings (SSSR count). The molecule has 1 unspecified atom stereocenters. The first-order chi connectivity index (χ1) is 14.5. The van der Waals surface area contributed by atoms with Gasteiger partial charge in [-0.25, -0.2) is 0 Å². The molecule has 4 aliphatic carbocycles. The van der Waals surface area contributed by atoms with Gasteiger partial charge in [0, 0.05) is 0 Å². The van der Waals surface area contributed by atoms with E-state index < -0.39 is 0 Å². The maximum absolute atomic E-state index is 10.3. The maximum atomic E-state index is 10.3. The highest BCUT2D eigenvalue weighted by atomic mass is 16.3. The van der Waals surface area contributed by atoms with Crippen molar-refractivity contribution in [1.82, 2.24) is 0 Å². The minimum absolute atomic E-state index is 0.0865. The zero-order valence-corrected chi connectivity index (χ0v) is 21.6. The highest BCUT2D eigenvalue weighted by Gasteiger charge is 2.59. The fourth-order valence-corrected chi connectivity index (χ4v) is 9.15. The van der Waals surface area contributed by atoms with Crippen LogP contribution < -0.4 is 0 Å². The standard InChI is InChI=1S/C30H50O/c1-8-21(28(3,4)5)10-9-20(2)25-13-14-26-24-12-11-22-19-23(31)15-17-29(22,6)27(24)16-18-30(25,26)7/h8,11,20,23-27,31H,9-10,12-19H2,1-7H3/b21-8+/t20-,23+,24?,25-,26+,27+,29+,30-/m1/s1. The van der Waals surface area contributed by atoms with Gasteiger partial charge < -0.3 is 5.11 Å². The van der Waals surface area contributed by atoms with E-state index in [0.29, 0.717) is 16.2 Å². The fourth-order valence-electron chi connectivity index (χ4n) is 9.15. The van der Waals surface area contributed by atoms with E-state index in [1.807, 2.05) is 0 Å². The molecule has 0 spiro atoms. The monoisotopic (exact) mass is 426 g/mol. The molecule has 0 aromatic rings. The first kappa shape index (κ1) is 23.6. The molecule has 8 atom stereocenters. The second-order valence-electron chi connectivity index (χ2n) is 13.5. The van der Waals surface area contributed by atoms with Crippen LogP contribution in [0.3, 0.4) is 0 Å². The summed E-state index contributed by atoms with van der Waals surface area (Å²) in [7, 11) is 0. The number of allylic oxidation sites excluding steroid dienone is 3. The summed E-state index contributed by atoms with van der Waals surface area (Å²) in [6.45, 7) is 17.2. The predicted octanol–water partition coefficient (Wildman–Crippen LogP) is 8.34. The molecule has 3 saturated carbocycles. The molecule has 0 amide bonds. The second kappa shape index (κ2) is 8.34. The zero-order valence-electron chi connectivity index (χ0n) is 21.6. The molecular weight excluding hydrogens is 376 g/mol. The lowest BCUT2D eigenvalue weighted by molar-refractivity contribution is -0.0571. The third-order valence-corrected chi connectivity index (χ3v) is 11.0. The van der Waals surface area contributed by atoms with E-state index in [1.165, 1.54) is 51.4 Å². The number of rotatable bonds is 4. The van der Waals surface area contributed by atoms with Gasteiger partial charge in [-0.1, -0.05) is 64.8 Å². The fraction of sp³-hybridized carbons (Fsp3) is 0.867. The Morgan fingerprint density at radius 1 is 1.13 bits per heavy atom. The normalized spacial score (nSPS) is 44.2. The van der Waals surface area contributed by atoms with Crippen molar-refractivity contribution in [3.05, 3.63) is 23.3 Å². The first-order valence-corrected chi connectivity index (χ1v) is 13.5. The lowest BCUT2D eigenvalue weighted by Crippen LogP contribution is -2.50. The van der Waals surface area contributed by atoms with Crippen LogP contribution in [0.2, 0.25) is 0 Å². The van der Waals surface area contributed by atoms with Crippen molar-refractivity contribution in [1.29, 1.82) is 0 Å². The summed E-state index contributed by atoms with van der Waals surface area (Å²) < 4.78 is 0. The second-order valence-corrected chi connectivity index (χ2v) is 13.5. The Balaban J connectivity index is 1.48. The maximum Gasteiger partial charge on any atom is 0.0577 e. The van der Waals surface area contributed by atoms with Gasteiger partial charge in [-0.3, -0.25) is 0 Å². The minimum atomic E-state index is -0.0865. The van der Waals surface area contributed by atoms with Gasteiger partial charge >= 0.3 is 0 Å². The van der Waals surface area contributed by atoms with Crippen LogP contribution in [-0.2, 0) is 0 Å². The Kier molecular flexibility index (Phi) is 6.35. The van der Waals surface area contributed by atoms with Crippen molar-refractivity contribution in [2.45, 2.75) is 119 Å². The van der Waals surface area contributed by atoms with Gasteiger partial charge in [-0.2, -0.15) is 0 Å². The Labute approximate surface area is 193 Å². The van der Waals surface area contributed by atoms with Crippen LogP contribution in [0.1, 0.15) is 113 Å². The van der Waals surface area contributed by atoms with Gasteiger partial charge in [-0.05, 0) is 117 Å². The van der Waals surface area contributed by atoms with Crippen molar-refractivity contribution in [3.63, 3.8) is 0 Å². The predicted molar refractivity (Wildman–Crippen MR) is 133 cm³/mol. The quantitative estimate of drug-likeness (QED) is 0.448. The van der Waals surface area contributed by atoms with Crippen molar-refractivity contribution in [3.8, 4) is 0 Å². The molecule has 1 nitrogen and oxygen atoms in total. The first-order valence-electron chi connectivity index (χ1n) is 13.5. The van der Waals surface area contributed by atoms with E-state index in [4.69, 9.17) is 0 Å². The summed E-state index contributed by atoms with van der Waals surface area (Å²) in [6, 6.07) is 0. The lowest BCUT2D eigenvalue weighted by Gasteiger charge is -2.58. The van der Waals surface area contributed by atoms with Gasteiger partial charge in [0.1, 0.15) is 0 Å². The zero-order chi connectivity index (χ0) is 22.6. The number of hydrogen-bond acceptors (Lipinski definition) is 1. The summed E-state index contributed by atoms with van der Waals surface area (Å²) >= 11 is 0. The van der Waals surface area contributed by atoms with E-state index in [-0.39, 0.29) is 6.10 Å². The third-order valence-electron chi connectivity index (χ3n) is 11.0. The molecule has 4 aliphatic rings. The lowest BCUT2D eigenvalue weighted by atomic mass is 9.47. The molecule has 0 saturated heterocycles. The molecule has 1 N–H and O–H groups in total. The molecule has 0 aromatic heterocycles. The molecule has 31 heavy (non-hydrogen) atoms. The van der Waals surface area contributed by atoms with Gasteiger partial charge in [0.05, 0.1) is 6.10 Å². The van der Waals surface area contributed by atoms with Gasteiger partial charge in [0.2, 0.25) is 0 Å². The Morgan fingerprint density at radius 3 is 2.55 bits per heavy atom. The van der Waals surface area contributed by atoms with Crippen LogP contribution in [-0.4, -0.2) is 11.2 Å². The van der Waals surface area contributed by atoms with Crippen molar-refractivity contribution < 1.29 is 5.11 Å². The molecule has 1 heteroatoms. The number of fused-ring (bicyclic) bond motifs is 5. The van der Waals surface area contributed by atoms with Gasteiger partial charge in [0.15, 0.2) is 0 Å². The summed E-state index contributed by atoms with van der Waals surface area (Å²) in [5.41, 5.74) is 4.49. The van der Waals surface area contributed by atoms with Crippen LogP contribution in [0.15, 0.2) is 23.3 Å². The summed E-state index contributed by atoms with van der Waals surface area (Å²) in [4.78, 5) is 0. The van der Waals surface area contributed by atoms with E-state index >= 15 is 0 Å². The van der Waals surface area contributed by atoms with E-state index in [1.54, 1.807) is 11.1 Å². The largest absolute Gasteiger partial charge is 0.393 e. The third kappa shape index (κ3) is 4.00. The average Bonchev–Trinajstić information content (AvgIpc) is 3.05. The van der Waals surface area contributed by atoms with Crippen LogP contribution in [0.5, 0.6) is 0 Å². The van der Waals surface area contributed by atoms with Crippen molar-refractivity contribution >= 4 is 0 Å². The topological polar surface area (TPSA) is 20.2 Å². The van der Waals surface area contributed by atoms with Crippen LogP contribution >= 0.6 is 0 Å². The number of aliphatic hydroxyl groups excluding tert-OH is 1. The molecular formula is C30H50O. The minimum Gasteiger partial charge on any atom is -0.393 e. The van der Waals surface area contributed by atoms with Crippen molar-refractivity contribution in [2.24, 2.45) is 45.8 Å². The smallest absolute Gasteiger partial charge is 0.0577 e. The molecule has 0 aromatic carbocycles. The van der Waals surface area contributed by atoms with E-state index in [9.17, 15) is 5.11 Å². The molecule has 0 heterocycles. The molecule has 0 radical (unpaired) electrons. The highest BCUT2D eigenvalue weighted by Crippen LogP contribution is 2.67.